The maximum Gasteiger partial charge on any atom is 0.250 e. The number of thiophene rings is 2. The number of rotatable bonds is 7. The maximum absolute atomic E-state index is 12.5. The molecule has 2 aromatic heterocycles. The van der Waals surface area contributed by atoms with Gasteiger partial charge >= 0.3 is 0 Å². The molecule has 1 atom stereocenters. The molecule has 4 nitrogen and oxygen atoms in total. The third-order valence-corrected chi connectivity index (χ3v) is 7.32. The molecule has 7 heteroatoms. The number of aliphatic hydroxyl groups is 1. The molecular formula is C14H19NO3S3. The Kier molecular flexibility index (Phi) is 5.56. The second-order valence-corrected chi connectivity index (χ2v) is 8.86. The van der Waals surface area contributed by atoms with Crippen molar-refractivity contribution < 1.29 is 13.5 Å². The minimum absolute atomic E-state index is 0.130. The molecule has 0 aliphatic heterocycles. The van der Waals surface area contributed by atoms with E-state index in [-0.39, 0.29) is 16.9 Å². The lowest BCUT2D eigenvalue weighted by atomic mass is 10.1. The van der Waals surface area contributed by atoms with Gasteiger partial charge in [-0.15, -0.1) is 22.7 Å². The van der Waals surface area contributed by atoms with E-state index in [1.54, 1.807) is 17.4 Å². The molecule has 0 aliphatic rings. The Labute approximate surface area is 133 Å². The average Bonchev–Trinajstić information content (AvgIpc) is 3.07. The fourth-order valence-corrected chi connectivity index (χ4v) is 5.66. The van der Waals surface area contributed by atoms with Crippen LogP contribution >= 0.6 is 22.7 Å². The predicted octanol–water partition coefficient (Wildman–Crippen LogP) is 3.43. The van der Waals surface area contributed by atoms with Crippen LogP contribution in [0.1, 0.15) is 41.1 Å². The van der Waals surface area contributed by atoms with E-state index in [1.807, 2.05) is 31.4 Å². The molecule has 2 rings (SSSR count). The van der Waals surface area contributed by atoms with Gasteiger partial charge in [-0.3, -0.25) is 0 Å². The summed E-state index contributed by atoms with van der Waals surface area (Å²) >= 11 is 2.68. The van der Waals surface area contributed by atoms with Crippen LogP contribution in [0.4, 0.5) is 0 Å². The van der Waals surface area contributed by atoms with Gasteiger partial charge in [-0.2, -0.15) is 0 Å². The largest absolute Gasteiger partial charge is 0.391 e. The first-order chi connectivity index (χ1) is 9.97. The quantitative estimate of drug-likeness (QED) is 0.808. The highest BCUT2D eigenvalue weighted by Gasteiger charge is 2.24. The molecule has 0 fully saturated rings. The molecule has 2 N–H and O–H groups in total. The van der Waals surface area contributed by atoms with Crippen molar-refractivity contribution in [3.05, 3.63) is 38.9 Å². The molecule has 21 heavy (non-hydrogen) atoms. The SMILES string of the molecule is CCCC(NS(=O)(=O)c1cc(C)c(CO)s1)c1cccs1. The van der Waals surface area contributed by atoms with Crippen LogP contribution in [0.5, 0.6) is 0 Å². The zero-order chi connectivity index (χ0) is 15.5. The van der Waals surface area contributed by atoms with Crippen LogP contribution in [0.3, 0.4) is 0 Å². The molecule has 0 radical (unpaired) electrons. The average molecular weight is 346 g/mol. The molecule has 1 unspecified atom stereocenters. The van der Waals surface area contributed by atoms with E-state index in [2.05, 4.69) is 4.72 Å². The molecule has 2 heterocycles. The molecule has 0 saturated heterocycles. The molecule has 2 aromatic rings. The molecule has 0 amide bonds. The smallest absolute Gasteiger partial charge is 0.250 e. The molecule has 116 valence electrons. The second kappa shape index (κ2) is 7.02. The van der Waals surface area contributed by atoms with Gasteiger partial charge in [0.05, 0.1) is 12.6 Å². The third kappa shape index (κ3) is 3.92. The van der Waals surface area contributed by atoms with Gasteiger partial charge in [-0.1, -0.05) is 19.4 Å². The van der Waals surface area contributed by atoms with Crippen molar-refractivity contribution in [3.63, 3.8) is 0 Å². The third-order valence-electron chi connectivity index (χ3n) is 3.17. The summed E-state index contributed by atoms with van der Waals surface area (Å²) in [4.78, 5) is 1.72. The molecule has 0 aliphatic carbocycles. The minimum atomic E-state index is -3.56. The number of aryl methyl sites for hydroxylation is 1. The molecule has 0 saturated carbocycles. The van der Waals surface area contributed by atoms with Gasteiger partial charge in [0.2, 0.25) is 0 Å². The van der Waals surface area contributed by atoms with Crippen molar-refractivity contribution in [2.75, 3.05) is 0 Å². The highest BCUT2D eigenvalue weighted by molar-refractivity contribution is 7.91. The summed E-state index contributed by atoms with van der Waals surface area (Å²) in [6, 6.07) is 5.30. The second-order valence-electron chi connectivity index (χ2n) is 4.81. The first kappa shape index (κ1) is 16.6. The molecule has 0 bridgehead atoms. The summed E-state index contributed by atoms with van der Waals surface area (Å²) in [5, 5.41) is 11.2. The minimum Gasteiger partial charge on any atom is -0.391 e. The Bertz CT molecular complexity index is 674. The van der Waals surface area contributed by atoms with Crippen molar-refractivity contribution in [2.24, 2.45) is 0 Å². The van der Waals surface area contributed by atoms with Gasteiger partial charge in [0.1, 0.15) is 4.21 Å². The number of nitrogens with one attached hydrogen (secondary N) is 1. The van der Waals surface area contributed by atoms with Crippen LogP contribution in [-0.4, -0.2) is 13.5 Å². The van der Waals surface area contributed by atoms with E-state index >= 15 is 0 Å². The summed E-state index contributed by atoms with van der Waals surface area (Å²) in [6.07, 6.45) is 1.66. The summed E-state index contributed by atoms with van der Waals surface area (Å²) in [6.45, 7) is 3.72. The summed E-state index contributed by atoms with van der Waals surface area (Å²) in [7, 11) is -3.56. The number of hydrogen-bond acceptors (Lipinski definition) is 5. The predicted molar refractivity (Wildman–Crippen MR) is 87.3 cm³/mol. The summed E-state index contributed by atoms with van der Waals surface area (Å²) in [5.74, 6) is 0. The van der Waals surface area contributed by atoms with Crippen molar-refractivity contribution in [3.8, 4) is 0 Å². The van der Waals surface area contributed by atoms with Crippen LogP contribution in [0.2, 0.25) is 0 Å². The van der Waals surface area contributed by atoms with Crippen LogP contribution in [0.25, 0.3) is 0 Å². The van der Waals surface area contributed by atoms with Crippen LogP contribution < -0.4 is 4.72 Å². The van der Waals surface area contributed by atoms with Gasteiger partial charge in [-0.05, 0) is 36.4 Å². The molecule has 0 spiro atoms. The Hall–Kier alpha value is -0.730. The van der Waals surface area contributed by atoms with E-state index in [4.69, 9.17) is 0 Å². The fourth-order valence-electron chi connectivity index (χ4n) is 2.06. The van der Waals surface area contributed by atoms with Crippen LogP contribution in [0, 0.1) is 6.92 Å². The van der Waals surface area contributed by atoms with E-state index in [9.17, 15) is 13.5 Å². The Balaban J connectivity index is 2.25. The zero-order valence-electron chi connectivity index (χ0n) is 12.0. The lowest BCUT2D eigenvalue weighted by Gasteiger charge is -2.16. The van der Waals surface area contributed by atoms with Crippen molar-refractivity contribution in [1.29, 1.82) is 0 Å². The van der Waals surface area contributed by atoms with Gasteiger partial charge in [0.15, 0.2) is 0 Å². The van der Waals surface area contributed by atoms with Gasteiger partial charge in [-0.25, -0.2) is 13.1 Å². The van der Waals surface area contributed by atoms with Gasteiger partial charge in [0.25, 0.3) is 10.0 Å². The van der Waals surface area contributed by atoms with Crippen molar-refractivity contribution >= 4 is 32.7 Å². The normalized spacial score (nSPS) is 13.5. The number of sulfonamides is 1. The Morgan fingerprint density at radius 1 is 1.43 bits per heavy atom. The molecular weight excluding hydrogens is 326 g/mol. The van der Waals surface area contributed by atoms with E-state index in [1.165, 1.54) is 0 Å². The van der Waals surface area contributed by atoms with Crippen LogP contribution in [-0.2, 0) is 16.6 Å². The zero-order valence-corrected chi connectivity index (χ0v) is 14.4. The summed E-state index contributed by atoms with van der Waals surface area (Å²) in [5.41, 5.74) is 0.811. The standard InChI is InChI=1S/C14H19NO3S3/c1-3-5-11(12-6-4-7-19-12)15-21(17,18)14-8-10(2)13(9-16)20-14/h4,6-8,11,15-16H,3,5,9H2,1-2H3. The van der Waals surface area contributed by atoms with E-state index < -0.39 is 10.0 Å². The van der Waals surface area contributed by atoms with Crippen LogP contribution in [0.15, 0.2) is 27.8 Å². The van der Waals surface area contributed by atoms with E-state index in [0.717, 1.165) is 34.6 Å². The first-order valence-electron chi connectivity index (χ1n) is 6.73. The molecule has 0 aromatic carbocycles. The fraction of sp³-hybridized carbons (Fsp3) is 0.429. The van der Waals surface area contributed by atoms with Crippen molar-refractivity contribution in [2.45, 2.75) is 43.5 Å². The first-order valence-corrected chi connectivity index (χ1v) is 9.91. The highest BCUT2D eigenvalue weighted by atomic mass is 32.2. The topological polar surface area (TPSA) is 66.4 Å². The van der Waals surface area contributed by atoms with E-state index in [0.29, 0.717) is 4.88 Å². The lowest BCUT2D eigenvalue weighted by molar-refractivity contribution is 0.285. The Morgan fingerprint density at radius 2 is 2.19 bits per heavy atom. The Morgan fingerprint density at radius 3 is 2.71 bits per heavy atom. The number of aliphatic hydroxyl groups excluding tert-OH is 1. The number of hydrogen-bond donors (Lipinski definition) is 2. The highest BCUT2D eigenvalue weighted by Crippen LogP contribution is 2.29. The lowest BCUT2D eigenvalue weighted by Crippen LogP contribution is -2.27. The van der Waals surface area contributed by atoms with Gasteiger partial charge in [0, 0.05) is 9.75 Å². The van der Waals surface area contributed by atoms with Gasteiger partial charge < -0.3 is 5.11 Å². The van der Waals surface area contributed by atoms with Crippen molar-refractivity contribution in [1.82, 2.24) is 4.72 Å². The maximum atomic E-state index is 12.5. The monoisotopic (exact) mass is 345 g/mol. The summed E-state index contributed by atoms with van der Waals surface area (Å²) < 4.78 is 28.1.